The van der Waals surface area contributed by atoms with Gasteiger partial charge in [0.15, 0.2) is 0 Å². The van der Waals surface area contributed by atoms with Crippen LogP contribution in [0.25, 0.3) is 0 Å². The first kappa shape index (κ1) is 31.5. The van der Waals surface area contributed by atoms with Gasteiger partial charge in [-0.05, 0) is 20.3 Å². The predicted molar refractivity (Wildman–Crippen MR) is 120 cm³/mol. The Bertz CT molecular complexity index is 621. The summed E-state index contributed by atoms with van der Waals surface area (Å²) >= 11 is 0. The molecule has 1 atom stereocenters. The summed E-state index contributed by atoms with van der Waals surface area (Å²) in [5.41, 5.74) is 0. The third-order valence-electron chi connectivity index (χ3n) is 4.00. The lowest BCUT2D eigenvalue weighted by atomic mass is 10.1. The first-order chi connectivity index (χ1) is 16.7. The number of aliphatic carboxylic acids is 1. The van der Waals surface area contributed by atoms with Crippen LogP contribution < -0.4 is 21.3 Å². The lowest BCUT2D eigenvalue weighted by molar-refractivity contribution is -0.142. The molecule has 0 aromatic carbocycles. The summed E-state index contributed by atoms with van der Waals surface area (Å²) in [7, 11) is 0. The number of amides is 4. The van der Waals surface area contributed by atoms with E-state index in [0.29, 0.717) is 0 Å². The van der Waals surface area contributed by atoms with Crippen LogP contribution in [-0.4, -0.2) is 101 Å². The largest absolute Gasteiger partial charge is 0.481 e. The molecule has 0 rings (SSSR count). The molecule has 0 fully saturated rings. The van der Waals surface area contributed by atoms with Gasteiger partial charge in [0.1, 0.15) is 19.3 Å². The number of nitrogens with one attached hydrogen (secondary N) is 4. The fourth-order valence-electron chi connectivity index (χ4n) is 2.14. The molecule has 0 aromatic rings. The van der Waals surface area contributed by atoms with E-state index in [-0.39, 0.29) is 65.6 Å². The number of hydrogen-bond donors (Lipinski definition) is 5. The van der Waals surface area contributed by atoms with Crippen LogP contribution in [0.5, 0.6) is 0 Å². The van der Waals surface area contributed by atoms with Gasteiger partial charge in [0.05, 0.1) is 19.1 Å². The molecule has 4 amide bonds. The fraction of sp³-hybridized carbons (Fsp3) is 0.750. The molecule has 5 N–H and O–H groups in total. The average molecular weight is 509 g/mol. The van der Waals surface area contributed by atoms with E-state index in [2.05, 4.69) is 30.7 Å². The van der Waals surface area contributed by atoms with E-state index < -0.39 is 42.4 Å². The lowest BCUT2D eigenvalue weighted by Crippen LogP contribution is -2.38. The highest BCUT2D eigenvalue weighted by atomic mass is 16.6. The van der Waals surface area contributed by atoms with Gasteiger partial charge in [-0.2, -0.15) is 0 Å². The molecule has 0 spiro atoms. The maximum Gasteiger partial charge on any atom is 0.407 e. The molecule has 35 heavy (non-hydrogen) atoms. The van der Waals surface area contributed by atoms with Crippen molar-refractivity contribution < 1.29 is 52.8 Å². The first-order valence-corrected chi connectivity index (χ1v) is 11.2. The monoisotopic (exact) mass is 508 g/mol. The minimum absolute atomic E-state index is 0.0288. The average Bonchev–Trinajstić information content (AvgIpc) is 2.81. The lowest BCUT2D eigenvalue weighted by Gasteiger charge is -2.19. The van der Waals surface area contributed by atoms with Gasteiger partial charge in [0.2, 0.25) is 0 Å². The van der Waals surface area contributed by atoms with Crippen molar-refractivity contribution in [1.29, 1.82) is 0 Å². The number of rotatable bonds is 17. The van der Waals surface area contributed by atoms with Crippen LogP contribution in [0.2, 0.25) is 0 Å². The van der Waals surface area contributed by atoms with Gasteiger partial charge in [-0.1, -0.05) is 6.92 Å². The standard InChI is InChI=1S/C20H36N4O11/c1-4-31-17(27)21-7-9-23-19(29)34-12-15(33-11-6-14(3)16(25)26)13-35-20(30)24-10-8-22-18(28)32-5-2/h14-15H,4-13H2,1-3H3,(H,21,27)(H,22,28)(H,23,29)(H,24,30)(H,25,26). The summed E-state index contributed by atoms with van der Waals surface area (Å²) in [6.45, 7) is 5.15. The van der Waals surface area contributed by atoms with Crippen molar-refractivity contribution >= 4 is 30.3 Å². The van der Waals surface area contributed by atoms with Crippen LogP contribution in [0.1, 0.15) is 27.2 Å². The zero-order valence-corrected chi connectivity index (χ0v) is 20.3. The molecule has 0 heterocycles. The summed E-state index contributed by atoms with van der Waals surface area (Å²) in [4.78, 5) is 56.9. The second-order valence-corrected chi connectivity index (χ2v) is 6.87. The van der Waals surface area contributed by atoms with E-state index in [4.69, 9.17) is 19.3 Å². The van der Waals surface area contributed by atoms with Crippen molar-refractivity contribution in [1.82, 2.24) is 21.3 Å². The van der Waals surface area contributed by atoms with Crippen molar-refractivity contribution in [2.45, 2.75) is 33.3 Å². The Kier molecular flexibility index (Phi) is 17.9. The number of ether oxygens (including phenoxy) is 5. The third-order valence-corrected chi connectivity index (χ3v) is 4.00. The van der Waals surface area contributed by atoms with Gasteiger partial charge in [-0.3, -0.25) is 4.79 Å². The predicted octanol–water partition coefficient (Wildman–Crippen LogP) is 0.427. The number of carboxylic acids is 1. The van der Waals surface area contributed by atoms with Crippen LogP contribution in [0.4, 0.5) is 19.2 Å². The number of hydrogen-bond acceptors (Lipinski definition) is 10. The third kappa shape index (κ3) is 18.6. The molecule has 15 nitrogen and oxygen atoms in total. The Morgan fingerprint density at radius 3 is 1.40 bits per heavy atom. The van der Waals surface area contributed by atoms with Crippen molar-refractivity contribution in [2.75, 3.05) is 59.2 Å². The van der Waals surface area contributed by atoms with Crippen LogP contribution in [0.15, 0.2) is 0 Å². The molecule has 0 aliphatic rings. The first-order valence-electron chi connectivity index (χ1n) is 11.2. The highest BCUT2D eigenvalue weighted by Gasteiger charge is 2.18. The summed E-state index contributed by atoms with van der Waals surface area (Å²) in [6, 6.07) is 0. The summed E-state index contributed by atoms with van der Waals surface area (Å²) in [5, 5.41) is 18.6. The van der Waals surface area contributed by atoms with E-state index >= 15 is 0 Å². The molecule has 0 aromatic heterocycles. The van der Waals surface area contributed by atoms with Crippen molar-refractivity contribution in [2.24, 2.45) is 5.92 Å². The quantitative estimate of drug-likeness (QED) is 0.135. The highest BCUT2D eigenvalue weighted by molar-refractivity contribution is 5.70. The normalized spacial score (nSPS) is 11.1. The van der Waals surface area contributed by atoms with E-state index in [0.717, 1.165) is 0 Å². The van der Waals surface area contributed by atoms with Gasteiger partial charge in [-0.25, -0.2) is 19.2 Å². The molecular formula is C20H36N4O11. The summed E-state index contributed by atoms with van der Waals surface area (Å²) < 4.78 is 24.9. The highest BCUT2D eigenvalue weighted by Crippen LogP contribution is 2.05. The Morgan fingerprint density at radius 2 is 1.06 bits per heavy atom. The SMILES string of the molecule is CCOC(=O)NCCNC(=O)OCC(COC(=O)NCCNC(=O)OCC)OCCC(C)C(=O)O. The van der Waals surface area contributed by atoms with Gasteiger partial charge in [-0.15, -0.1) is 0 Å². The number of alkyl carbamates (subject to hydrolysis) is 4. The molecule has 0 bridgehead atoms. The van der Waals surface area contributed by atoms with Crippen molar-refractivity contribution in [3.8, 4) is 0 Å². The van der Waals surface area contributed by atoms with Crippen LogP contribution in [-0.2, 0) is 28.5 Å². The van der Waals surface area contributed by atoms with Crippen LogP contribution >= 0.6 is 0 Å². The minimum Gasteiger partial charge on any atom is -0.481 e. The van der Waals surface area contributed by atoms with Gasteiger partial charge < -0.3 is 50.1 Å². The number of carbonyl (C=O) groups is 5. The molecule has 0 saturated carbocycles. The second-order valence-electron chi connectivity index (χ2n) is 6.87. The topological polar surface area (TPSA) is 200 Å². The van der Waals surface area contributed by atoms with E-state index in [1.807, 2.05) is 0 Å². The fourth-order valence-corrected chi connectivity index (χ4v) is 2.14. The Balaban J connectivity index is 4.39. The molecule has 0 aliphatic heterocycles. The zero-order valence-electron chi connectivity index (χ0n) is 20.3. The maximum atomic E-state index is 11.8. The number of carboxylic acid groups (broad SMARTS) is 1. The van der Waals surface area contributed by atoms with E-state index in [9.17, 15) is 24.0 Å². The summed E-state index contributed by atoms with van der Waals surface area (Å²) in [5.74, 6) is -1.63. The Morgan fingerprint density at radius 1 is 0.686 bits per heavy atom. The van der Waals surface area contributed by atoms with Crippen LogP contribution in [0.3, 0.4) is 0 Å². The molecule has 15 heteroatoms. The zero-order chi connectivity index (χ0) is 26.5. The Labute approximate surface area is 203 Å². The smallest absolute Gasteiger partial charge is 0.407 e. The number of carbonyl (C=O) groups excluding carboxylic acids is 4. The van der Waals surface area contributed by atoms with E-state index in [1.165, 1.54) is 6.92 Å². The Hall–Kier alpha value is -3.49. The van der Waals surface area contributed by atoms with Crippen molar-refractivity contribution in [3.05, 3.63) is 0 Å². The van der Waals surface area contributed by atoms with Gasteiger partial charge in [0, 0.05) is 32.8 Å². The van der Waals surface area contributed by atoms with E-state index in [1.54, 1.807) is 13.8 Å². The van der Waals surface area contributed by atoms with Crippen LogP contribution in [0, 0.1) is 5.92 Å². The minimum atomic E-state index is -0.982. The van der Waals surface area contributed by atoms with Crippen molar-refractivity contribution in [3.63, 3.8) is 0 Å². The van der Waals surface area contributed by atoms with Gasteiger partial charge >= 0.3 is 30.3 Å². The molecule has 202 valence electrons. The van der Waals surface area contributed by atoms with Gasteiger partial charge in [0.25, 0.3) is 0 Å². The molecular weight excluding hydrogens is 472 g/mol. The maximum absolute atomic E-state index is 11.8. The summed E-state index contributed by atoms with van der Waals surface area (Å²) in [6.07, 6.45) is -3.47. The molecule has 0 aliphatic carbocycles. The molecule has 0 saturated heterocycles. The molecule has 0 radical (unpaired) electrons. The second kappa shape index (κ2) is 19.9. The molecule has 1 unspecified atom stereocenters.